The number of likely N-dealkylation sites (tertiary alicyclic amines) is 1. The van der Waals surface area contributed by atoms with E-state index in [2.05, 4.69) is 5.16 Å². The first-order valence-electron chi connectivity index (χ1n) is 8.39. The van der Waals surface area contributed by atoms with Crippen LogP contribution in [0.4, 0.5) is 13.2 Å². The summed E-state index contributed by atoms with van der Waals surface area (Å²) in [6.07, 6.45) is -5.08. The van der Waals surface area contributed by atoms with Crippen LogP contribution in [0.1, 0.15) is 35.5 Å². The van der Waals surface area contributed by atoms with Crippen LogP contribution in [0.3, 0.4) is 0 Å². The maximum Gasteiger partial charge on any atom is 0.397 e. The number of halogens is 3. The summed E-state index contributed by atoms with van der Waals surface area (Å²) in [7, 11) is 0. The smallest absolute Gasteiger partial charge is 0.371 e. The van der Waals surface area contributed by atoms with Gasteiger partial charge in [0.2, 0.25) is 5.91 Å². The lowest BCUT2D eigenvalue weighted by molar-refractivity contribution is -0.176. The number of hydrogen-bond donors (Lipinski definition) is 0. The summed E-state index contributed by atoms with van der Waals surface area (Å²) >= 11 is 0. The maximum atomic E-state index is 12.5. The number of carbonyl (C=O) groups is 2. The van der Waals surface area contributed by atoms with Crippen molar-refractivity contribution in [3.63, 3.8) is 0 Å². The van der Waals surface area contributed by atoms with Crippen LogP contribution in [0.15, 0.2) is 10.6 Å². The van der Waals surface area contributed by atoms with E-state index in [1.807, 2.05) is 0 Å². The molecule has 1 spiro atoms. The quantitative estimate of drug-likeness (QED) is 0.788. The average molecular weight is 375 g/mol. The molecule has 2 amide bonds. The summed E-state index contributed by atoms with van der Waals surface area (Å²) in [6, 6.07) is 1.56. The van der Waals surface area contributed by atoms with Gasteiger partial charge >= 0.3 is 6.18 Å². The molecule has 10 heteroatoms. The average Bonchev–Trinajstić information content (AvgIpc) is 3.00. The SMILES string of the molecule is Cc1cc(C(=O)N2CCC3(CC2)CN(C(=O)CC(F)(F)F)CCO3)no1. The number of amides is 2. The highest BCUT2D eigenvalue weighted by atomic mass is 19.4. The van der Waals surface area contributed by atoms with E-state index in [9.17, 15) is 22.8 Å². The molecule has 3 rings (SSSR count). The molecule has 0 bridgehead atoms. The highest BCUT2D eigenvalue weighted by Crippen LogP contribution is 2.32. The molecule has 1 aromatic rings. The number of alkyl halides is 3. The van der Waals surface area contributed by atoms with Crippen molar-refractivity contribution in [2.45, 2.75) is 38.0 Å². The van der Waals surface area contributed by atoms with Crippen molar-refractivity contribution < 1.29 is 32.0 Å². The monoisotopic (exact) mass is 375 g/mol. The Morgan fingerprint density at radius 3 is 2.50 bits per heavy atom. The lowest BCUT2D eigenvalue weighted by Crippen LogP contribution is -2.58. The Morgan fingerprint density at radius 1 is 1.23 bits per heavy atom. The Balaban J connectivity index is 1.59. The van der Waals surface area contributed by atoms with Crippen LogP contribution in [0.2, 0.25) is 0 Å². The number of nitrogens with zero attached hydrogens (tertiary/aromatic N) is 3. The van der Waals surface area contributed by atoms with Crippen LogP contribution >= 0.6 is 0 Å². The van der Waals surface area contributed by atoms with Gasteiger partial charge in [0, 0.05) is 32.2 Å². The predicted molar refractivity (Wildman–Crippen MR) is 82.3 cm³/mol. The van der Waals surface area contributed by atoms with Crippen LogP contribution in [-0.2, 0) is 9.53 Å². The Labute approximate surface area is 148 Å². The highest BCUT2D eigenvalue weighted by molar-refractivity contribution is 5.92. The third-order valence-electron chi connectivity index (χ3n) is 4.76. The van der Waals surface area contributed by atoms with Crippen LogP contribution in [0.5, 0.6) is 0 Å². The molecule has 0 atom stereocenters. The summed E-state index contributed by atoms with van der Waals surface area (Å²) in [6.45, 7) is 2.92. The Hall–Kier alpha value is -2.10. The van der Waals surface area contributed by atoms with Gasteiger partial charge in [-0.15, -0.1) is 0 Å². The van der Waals surface area contributed by atoms with E-state index >= 15 is 0 Å². The molecule has 26 heavy (non-hydrogen) atoms. The molecule has 2 saturated heterocycles. The van der Waals surface area contributed by atoms with Gasteiger partial charge in [-0.25, -0.2) is 0 Å². The van der Waals surface area contributed by atoms with E-state index in [1.54, 1.807) is 17.9 Å². The van der Waals surface area contributed by atoms with Crippen LogP contribution in [0, 0.1) is 6.92 Å². The molecule has 1 aromatic heterocycles. The molecule has 3 heterocycles. The normalized spacial score (nSPS) is 20.5. The van der Waals surface area contributed by atoms with Gasteiger partial charge < -0.3 is 19.1 Å². The Bertz CT molecular complexity index is 681. The molecule has 2 aliphatic heterocycles. The van der Waals surface area contributed by atoms with Crippen molar-refractivity contribution in [2.75, 3.05) is 32.8 Å². The van der Waals surface area contributed by atoms with Gasteiger partial charge in [0.15, 0.2) is 5.69 Å². The summed E-state index contributed by atoms with van der Waals surface area (Å²) < 4.78 is 48.1. The summed E-state index contributed by atoms with van der Waals surface area (Å²) in [5, 5.41) is 3.71. The third-order valence-corrected chi connectivity index (χ3v) is 4.76. The van der Waals surface area contributed by atoms with Crippen molar-refractivity contribution in [1.82, 2.24) is 15.0 Å². The standard InChI is InChI=1S/C16H20F3N3O4/c1-11-8-12(20-26-11)14(24)21-4-2-15(3-5-21)10-22(6-7-25-15)13(23)9-16(17,18)19/h8H,2-7,9-10H2,1H3. The van der Waals surface area contributed by atoms with Crippen molar-refractivity contribution in [3.8, 4) is 0 Å². The van der Waals surface area contributed by atoms with E-state index < -0.39 is 24.1 Å². The van der Waals surface area contributed by atoms with Gasteiger partial charge in [-0.2, -0.15) is 13.2 Å². The molecular weight excluding hydrogens is 355 g/mol. The number of hydrogen-bond acceptors (Lipinski definition) is 5. The van der Waals surface area contributed by atoms with Gasteiger partial charge in [0.1, 0.15) is 12.2 Å². The number of carbonyl (C=O) groups excluding carboxylic acids is 2. The summed E-state index contributed by atoms with van der Waals surface area (Å²) in [5.41, 5.74) is -0.472. The minimum atomic E-state index is -4.52. The first kappa shape index (κ1) is 18.7. The molecule has 2 fully saturated rings. The van der Waals surface area contributed by atoms with Gasteiger partial charge in [-0.1, -0.05) is 5.16 Å². The molecule has 2 aliphatic rings. The number of ether oxygens (including phenoxy) is 1. The highest BCUT2D eigenvalue weighted by Gasteiger charge is 2.43. The fourth-order valence-corrected chi connectivity index (χ4v) is 3.39. The Kier molecular flexibility index (Phi) is 4.96. The first-order valence-corrected chi connectivity index (χ1v) is 8.39. The van der Waals surface area contributed by atoms with Gasteiger partial charge in [-0.3, -0.25) is 9.59 Å². The molecule has 0 radical (unpaired) electrons. The minimum Gasteiger partial charge on any atom is -0.371 e. The largest absolute Gasteiger partial charge is 0.397 e. The molecule has 0 N–H and O–H groups in total. The van der Waals surface area contributed by atoms with E-state index in [0.717, 1.165) is 0 Å². The summed E-state index contributed by atoms with van der Waals surface area (Å²) in [4.78, 5) is 27.1. The second-order valence-electron chi connectivity index (χ2n) is 6.75. The minimum absolute atomic E-state index is 0.118. The number of piperidine rings is 1. The number of aryl methyl sites for hydroxylation is 1. The van der Waals surface area contributed by atoms with Gasteiger partial charge in [0.25, 0.3) is 5.91 Å². The van der Waals surface area contributed by atoms with Gasteiger partial charge in [-0.05, 0) is 19.8 Å². The van der Waals surface area contributed by atoms with Crippen molar-refractivity contribution in [3.05, 3.63) is 17.5 Å². The Morgan fingerprint density at radius 2 is 1.92 bits per heavy atom. The van der Waals surface area contributed by atoms with Crippen molar-refractivity contribution in [2.24, 2.45) is 0 Å². The topological polar surface area (TPSA) is 75.9 Å². The molecule has 0 saturated carbocycles. The second kappa shape index (κ2) is 6.90. The molecule has 0 aliphatic carbocycles. The lowest BCUT2D eigenvalue weighted by atomic mass is 9.89. The number of aromatic nitrogens is 1. The van der Waals surface area contributed by atoms with Gasteiger partial charge in [0.05, 0.1) is 12.2 Å². The molecule has 0 aromatic carbocycles. The molecule has 7 nitrogen and oxygen atoms in total. The molecular formula is C16H20F3N3O4. The number of morpholine rings is 1. The van der Waals surface area contributed by atoms with E-state index in [-0.39, 0.29) is 31.3 Å². The fourth-order valence-electron chi connectivity index (χ4n) is 3.39. The van der Waals surface area contributed by atoms with Crippen LogP contribution in [-0.4, -0.2) is 71.3 Å². The zero-order chi connectivity index (χ0) is 18.9. The molecule has 144 valence electrons. The zero-order valence-electron chi connectivity index (χ0n) is 14.3. The van der Waals surface area contributed by atoms with E-state index in [0.29, 0.717) is 31.7 Å². The molecule has 0 unspecified atom stereocenters. The first-order chi connectivity index (χ1) is 12.2. The van der Waals surface area contributed by atoms with E-state index in [4.69, 9.17) is 9.26 Å². The lowest BCUT2D eigenvalue weighted by Gasteiger charge is -2.47. The van der Waals surface area contributed by atoms with Crippen molar-refractivity contribution >= 4 is 11.8 Å². The predicted octanol–water partition coefficient (Wildman–Crippen LogP) is 1.77. The van der Waals surface area contributed by atoms with Crippen LogP contribution in [0.25, 0.3) is 0 Å². The zero-order valence-corrected chi connectivity index (χ0v) is 14.3. The fraction of sp³-hybridized carbons (Fsp3) is 0.688. The van der Waals surface area contributed by atoms with Crippen LogP contribution < -0.4 is 0 Å². The number of rotatable bonds is 2. The van der Waals surface area contributed by atoms with E-state index in [1.165, 1.54) is 4.90 Å². The third kappa shape index (κ3) is 4.17. The second-order valence-corrected chi connectivity index (χ2v) is 6.75. The summed E-state index contributed by atoms with van der Waals surface area (Å²) in [5.74, 6) is -0.648. The maximum absolute atomic E-state index is 12.5. The van der Waals surface area contributed by atoms with Crippen molar-refractivity contribution in [1.29, 1.82) is 0 Å².